The van der Waals surface area contributed by atoms with E-state index >= 15 is 0 Å². The van der Waals surface area contributed by atoms with E-state index in [9.17, 15) is 14.0 Å². The van der Waals surface area contributed by atoms with Gasteiger partial charge in [0.15, 0.2) is 0 Å². The predicted molar refractivity (Wildman–Crippen MR) is 81.9 cm³/mol. The average Bonchev–Trinajstić information content (AvgIpc) is 2.68. The number of amides is 3. The summed E-state index contributed by atoms with van der Waals surface area (Å²) < 4.78 is 13.8. The summed E-state index contributed by atoms with van der Waals surface area (Å²) in [5.41, 5.74) is 5.28. The second-order valence-corrected chi connectivity index (χ2v) is 6.78. The Labute approximate surface area is 133 Å². The minimum Gasteiger partial charge on any atom is -0.352 e. The molecule has 0 unspecified atom stereocenters. The number of carbonyl (C=O) groups excluding carboxylic acids is 2. The highest BCUT2D eigenvalue weighted by Crippen LogP contribution is 2.39. The number of rotatable bonds is 2. The van der Waals surface area contributed by atoms with Gasteiger partial charge in [-0.05, 0) is 38.5 Å². The van der Waals surface area contributed by atoms with E-state index in [4.69, 9.17) is 17.3 Å². The topological polar surface area (TPSA) is 75.4 Å². The maximum atomic E-state index is 13.8. The maximum absolute atomic E-state index is 13.8. The molecule has 1 fully saturated rings. The summed E-state index contributed by atoms with van der Waals surface area (Å²) >= 11 is 5.72. The van der Waals surface area contributed by atoms with Gasteiger partial charge in [-0.1, -0.05) is 17.7 Å². The fourth-order valence-electron chi connectivity index (χ4n) is 2.91. The fourth-order valence-corrected chi connectivity index (χ4v) is 3.03. The highest BCUT2D eigenvalue weighted by atomic mass is 35.5. The van der Waals surface area contributed by atoms with Crippen LogP contribution in [0.2, 0.25) is 5.02 Å². The summed E-state index contributed by atoms with van der Waals surface area (Å²) in [6, 6.07) is 2.67. The van der Waals surface area contributed by atoms with E-state index in [1.54, 1.807) is 11.0 Å². The highest BCUT2D eigenvalue weighted by molar-refractivity contribution is 6.30. The molecule has 3 amide bonds. The van der Waals surface area contributed by atoms with Crippen LogP contribution in [0.15, 0.2) is 18.2 Å². The number of hydrogen-bond donors (Lipinski definition) is 2. The Kier molecular flexibility index (Phi) is 4.33. The minimum atomic E-state index is -0.715. The highest BCUT2D eigenvalue weighted by Gasteiger charge is 2.46. The number of nitrogens with two attached hydrogens (primary N) is 1. The lowest BCUT2D eigenvalue weighted by Gasteiger charge is -2.39. The molecule has 1 saturated heterocycles. The van der Waals surface area contributed by atoms with Crippen LogP contribution in [0, 0.1) is 5.82 Å². The van der Waals surface area contributed by atoms with Gasteiger partial charge in [-0.3, -0.25) is 4.79 Å². The first kappa shape index (κ1) is 16.5. The molecule has 1 heterocycles. The van der Waals surface area contributed by atoms with Crippen molar-refractivity contribution in [1.82, 2.24) is 10.2 Å². The first-order valence-electron chi connectivity index (χ1n) is 6.94. The molecular weight excluding hydrogens is 309 g/mol. The molecule has 120 valence electrons. The van der Waals surface area contributed by atoms with Crippen LogP contribution in [-0.4, -0.2) is 28.4 Å². The van der Waals surface area contributed by atoms with Gasteiger partial charge in [-0.15, -0.1) is 0 Å². The van der Waals surface area contributed by atoms with Gasteiger partial charge in [0.25, 0.3) is 0 Å². The standard InChI is InChI=1S/C15H19ClFN3O2/c1-15(2,3)20-12(21)7-11(19-14(18)22)13(20)8-4-5-9(16)10(17)6-8/h4-6,11,13H,7H2,1-3H3,(H3,18,19,22)/t11-,13-/m0/s1. The van der Waals surface area contributed by atoms with Crippen LogP contribution >= 0.6 is 11.6 Å². The summed E-state index contributed by atoms with van der Waals surface area (Å²) in [6.45, 7) is 5.66. The van der Waals surface area contributed by atoms with Crippen LogP contribution < -0.4 is 11.1 Å². The van der Waals surface area contributed by atoms with Crippen molar-refractivity contribution in [2.45, 2.75) is 44.8 Å². The zero-order chi connectivity index (χ0) is 16.7. The molecular formula is C15H19ClFN3O2. The van der Waals surface area contributed by atoms with Crippen molar-refractivity contribution in [2.24, 2.45) is 5.73 Å². The summed E-state index contributed by atoms with van der Waals surface area (Å²) in [6.07, 6.45) is 0.120. The number of likely N-dealkylation sites (tertiary alicyclic amines) is 1. The first-order valence-corrected chi connectivity index (χ1v) is 7.32. The summed E-state index contributed by atoms with van der Waals surface area (Å²) in [4.78, 5) is 25.2. The fraction of sp³-hybridized carbons (Fsp3) is 0.467. The van der Waals surface area contributed by atoms with Gasteiger partial charge in [-0.25, -0.2) is 9.18 Å². The Hall–Kier alpha value is -1.82. The van der Waals surface area contributed by atoms with Crippen LogP contribution in [0.25, 0.3) is 0 Å². The third kappa shape index (κ3) is 3.16. The zero-order valence-corrected chi connectivity index (χ0v) is 13.4. The summed E-state index contributed by atoms with van der Waals surface area (Å²) in [7, 11) is 0. The van der Waals surface area contributed by atoms with E-state index in [-0.39, 0.29) is 17.4 Å². The molecule has 0 saturated carbocycles. The third-order valence-electron chi connectivity index (χ3n) is 3.66. The molecule has 1 aromatic rings. The molecule has 22 heavy (non-hydrogen) atoms. The molecule has 2 rings (SSSR count). The number of primary amides is 1. The molecule has 2 atom stereocenters. The maximum Gasteiger partial charge on any atom is 0.312 e. The molecule has 1 aliphatic rings. The minimum absolute atomic E-state index is 0.00907. The Morgan fingerprint density at radius 2 is 2.09 bits per heavy atom. The van der Waals surface area contributed by atoms with Crippen LogP contribution in [0.4, 0.5) is 9.18 Å². The van der Waals surface area contributed by atoms with Gasteiger partial charge in [0.05, 0.1) is 17.1 Å². The largest absolute Gasteiger partial charge is 0.352 e. The molecule has 1 aliphatic heterocycles. The second kappa shape index (κ2) is 5.76. The first-order chi connectivity index (χ1) is 10.1. The van der Waals surface area contributed by atoms with Gasteiger partial charge in [0.1, 0.15) is 5.82 Å². The number of urea groups is 1. The van der Waals surface area contributed by atoms with Crippen molar-refractivity contribution in [1.29, 1.82) is 0 Å². The molecule has 3 N–H and O–H groups in total. The number of nitrogens with zero attached hydrogens (tertiary/aromatic N) is 1. The number of hydrogen-bond acceptors (Lipinski definition) is 2. The molecule has 0 radical (unpaired) electrons. The molecule has 7 heteroatoms. The zero-order valence-electron chi connectivity index (χ0n) is 12.7. The Morgan fingerprint density at radius 3 is 2.59 bits per heavy atom. The van der Waals surface area contributed by atoms with Crippen LogP contribution in [0.5, 0.6) is 0 Å². The van der Waals surface area contributed by atoms with E-state index in [1.807, 2.05) is 20.8 Å². The van der Waals surface area contributed by atoms with E-state index in [0.29, 0.717) is 5.56 Å². The van der Waals surface area contributed by atoms with E-state index in [0.717, 1.165) is 0 Å². The predicted octanol–water partition coefficient (Wildman–Crippen LogP) is 2.59. The number of carbonyl (C=O) groups is 2. The summed E-state index contributed by atoms with van der Waals surface area (Å²) in [5.74, 6) is -0.684. The van der Waals surface area contributed by atoms with Crippen LogP contribution in [0.1, 0.15) is 38.8 Å². The van der Waals surface area contributed by atoms with Crippen molar-refractivity contribution >= 4 is 23.5 Å². The quantitative estimate of drug-likeness (QED) is 0.876. The van der Waals surface area contributed by atoms with Gasteiger partial charge >= 0.3 is 6.03 Å². The molecule has 0 bridgehead atoms. The van der Waals surface area contributed by atoms with Crippen LogP contribution in [-0.2, 0) is 4.79 Å². The van der Waals surface area contributed by atoms with Crippen molar-refractivity contribution in [3.63, 3.8) is 0 Å². The SMILES string of the molecule is CC(C)(C)N1C(=O)C[C@H](NC(N)=O)[C@@H]1c1ccc(Cl)c(F)c1. The third-order valence-corrected chi connectivity index (χ3v) is 3.96. The van der Waals surface area contributed by atoms with E-state index in [1.165, 1.54) is 12.1 Å². The summed E-state index contributed by atoms with van der Waals surface area (Å²) in [5, 5.41) is 2.59. The molecule has 5 nitrogen and oxygen atoms in total. The van der Waals surface area contributed by atoms with Crippen molar-refractivity contribution in [3.05, 3.63) is 34.6 Å². The molecule has 0 aromatic heterocycles. The molecule has 0 aliphatic carbocycles. The average molecular weight is 328 g/mol. The van der Waals surface area contributed by atoms with Gasteiger partial charge in [0, 0.05) is 12.0 Å². The van der Waals surface area contributed by atoms with Gasteiger partial charge in [-0.2, -0.15) is 0 Å². The van der Waals surface area contributed by atoms with E-state index < -0.39 is 29.5 Å². The lowest BCUT2D eigenvalue weighted by molar-refractivity contribution is -0.133. The van der Waals surface area contributed by atoms with Crippen molar-refractivity contribution in [2.75, 3.05) is 0 Å². The van der Waals surface area contributed by atoms with Gasteiger partial charge in [0.2, 0.25) is 5.91 Å². The van der Waals surface area contributed by atoms with Crippen molar-refractivity contribution < 1.29 is 14.0 Å². The lowest BCUT2D eigenvalue weighted by atomic mass is 9.96. The molecule has 1 aromatic carbocycles. The number of nitrogens with one attached hydrogen (secondary N) is 1. The Bertz CT molecular complexity index is 615. The van der Waals surface area contributed by atoms with Crippen molar-refractivity contribution in [3.8, 4) is 0 Å². The molecule has 0 spiro atoms. The van der Waals surface area contributed by atoms with E-state index in [2.05, 4.69) is 5.32 Å². The van der Waals surface area contributed by atoms with Crippen LogP contribution in [0.3, 0.4) is 0 Å². The number of benzene rings is 1. The lowest BCUT2D eigenvalue weighted by Crippen LogP contribution is -2.47. The monoisotopic (exact) mass is 327 g/mol. The second-order valence-electron chi connectivity index (χ2n) is 6.37. The smallest absolute Gasteiger partial charge is 0.312 e. The van der Waals surface area contributed by atoms with Gasteiger partial charge < -0.3 is 16.0 Å². The Morgan fingerprint density at radius 1 is 1.45 bits per heavy atom. The normalized spacial score (nSPS) is 22.0. The number of halogens is 2. The Balaban J connectivity index is 2.48.